The van der Waals surface area contributed by atoms with Gasteiger partial charge in [-0.3, -0.25) is 9.98 Å². The number of nitrogens with one attached hydrogen (secondary N) is 1. The molecule has 0 aliphatic carbocycles. The summed E-state index contributed by atoms with van der Waals surface area (Å²) in [5.41, 5.74) is 1.81. The van der Waals surface area contributed by atoms with Crippen LogP contribution in [0.15, 0.2) is 23.3 Å². The Morgan fingerprint density at radius 1 is 1.33 bits per heavy atom. The number of ether oxygens (including phenoxy) is 1. The molecular formula is C23H39N5O2. The first-order chi connectivity index (χ1) is 14.2. The minimum Gasteiger partial charge on any atom is -0.444 e. The highest BCUT2D eigenvalue weighted by Gasteiger charge is 2.27. The van der Waals surface area contributed by atoms with Gasteiger partial charge in [0.1, 0.15) is 5.60 Å². The molecule has 0 spiro atoms. The highest BCUT2D eigenvalue weighted by Crippen LogP contribution is 2.20. The second kappa shape index (κ2) is 11.2. The van der Waals surface area contributed by atoms with Crippen LogP contribution in [0, 0.1) is 12.8 Å². The fourth-order valence-corrected chi connectivity index (χ4v) is 3.60. The number of rotatable bonds is 6. The van der Waals surface area contributed by atoms with Crippen LogP contribution in [-0.2, 0) is 11.2 Å². The summed E-state index contributed by atoms with van der Waals surface area (Å²) < 4.78 is 5.54. The van der Waals surface area contributed by atoms with Crippen molar-refractivity contribution in [1.29, 1.82) is 0 Å². The molecule has 0 radical (unpaired) electrons. The Labute approximate surface area is 181 Å². The van der Waals surface area contributed by atoms with Crippen LogP contribution in [0.2, 0.25) is 0 Å². The lowest BCUT2D eigenvalue weighted by Gasteiger charge is -2.36. The van der Waals surface area contributed by atoms with Gasteiger partial charge < -0.3 is 19.9 Å². The van der Waals surface area contributed by atoms with Crippen LogP contribution in [0.1, 0.15) is 51.8 Å². The zero-order valence-corrected chi connectivity index (χ0v) is 19.6. The first-order valence-electron chi connectivity index (χ1n) is 11.1. The van der Waals surface area contributed by atoms with Crippen molar-refractivity contribution in [2.24, 2.45) is 10.9 Å². The number of hydrogen-bond acceptors (Lipinski definition) is 4. The van der Waals surface area contributed by atoms with E-state index in [1.165, 1.54) is 5.56 Å². The maximum atomic E-state index is 12.4. The summed E-state index contributed by atoms with van der Waals surface area (Å²) in [6, 6.07) is 4.17. The lowest BCUT2D eigenvalue weighted by Crippen LogP contribution is -2.48. The third-order valence-corrected chi connectivity index (χ3v) is 5.31. The van der Waals surface area contributed by atoms with Crippen molar-refractivity contribution >= 4 is 12.1 Å². The smallest absolute Gasteiger partial charge is 0.410 e. The Morgan fingerprint density at radius 2 is 2.03 bits per heavy atom. The topological polar surface area (TPSA) is 70.1 Å². The third kappa shape index (κ3) is 7.84. The quantitative estimate of drug-likeness (QED) is 0.567. The number of pyridine rings is 1. The van der Waals surface area contributed by atoms with Crippen molar-refractivity contribution < 1.29 is 9.53 Å². The van der Waals surface area contributed by atoms with Crippen molar-refractivity contribution in [2.75, 3.05) is 39.8 Å². The van der Waals surface area contributed by atoms with Gasteiger partial charge in [-0.1, -0.05) is 6.07 Å². The van der Waals surface area contributed by atoms with Gasteiger partial charge in [-0.2, -0.15) is 0 Å². The van der Waals surface area contributed by atoms with Gasteiger partial charge in [0.25, 0.3) is 0 Å². The van der Waals surface area contributed by atoms with Crippen LogP contribution >= 0.6 is 0 Å². The maximum absolute atomic E-state index is 12.4. The van der Waals surface area contributed by atoms with Crippen molar-refractivity contribution in [3.8, 4) is 0 Å². The molecule has 1 saturated heterocycles. The predicted molar refractivity (Wildman–Crippen MR) is 122 cm³/mol. The Bertz CT molecular complexity index is 689. The summed E-state index contributed by atoms with van der Waals surface area (Å²) in [7, 11) is 1.84. The summed E-state index contributed by atoms with van der Waals surface area (Å²) >= 11 is 0. The molecule has 30 heavy (non-hydrogen) atoms. The van der Waals surface area contributed by atoms with E-state index >= 15 is 0 Å². The first-order valence-corrected chi connectivity index (χ1v) is 11.1. The van der Waals surface area contributed by atoms with Crippen molar-refractivity contribution in [2.45, 2.75) is 59.5 Å². The van der Waals surface area contributed by atoms with Gasteiger partial charge >= 0.3 is 6.09 Å². The van der Waals surface area contributed by atoms with Crippen LogP contribution in [0.25, 0.3) is 0 Å². The first kappa shape index (κ1) is 24.0. The number of piperidine rings is 1. The number of hydrogen-bond donors (Lipinski definition) is 1. The number of carbonyl (C=O) groups excluding carboxylic acids is 1. The van der Waals surface area contributed by atoms with Gasteiger partial charge in [0.2, 0.25) is 0 Å². The number of aliphatic imine (C=N–C) groups is 1. The molecular weight excluding hydrogens is 378 g/mol. The van der Waals surface area contributed by atoms with Gasteiger partial charge in [-0.25, -0.2) is 4.79 Å². The predicted octanol–water partition coefficient (Wildman–Crippen LogP) is 3.48. The molecule has 0 atom stereocenters. The zero-order valence-electron chi connectivity index (χ0n) is 19.6. The van der Waals surface area contributed by atoms with E-state index in [9.17, 15) is 4.79 Å². The number of nitrogens with zero attached hydrogens (tertiary/aromatic N) is 4. The average molecular weight is 418 g/mol. The number of carbonyl (C=O) groups is 1. The molecule has 1 aromatic heterocycles. The van der Waals surface area contributed by atoms with Crippen LogP contribution in [0.3, 0.4) is 0 Å². The molecule has 1 amide bonds. The molecule has 7 nitrogen and oxygen atoms in total. The SMILES string of the molecule is CCN(CC1CCN(C(=NC)NCCc2ccc(C)nc2)CC1)C(=O)OC(C)(C)C. The highest BCUT2D eigenvalue weighted by atomic mass is 16.6. The number of aryl methyl sites for hydroxylation is 1. The Balaban J connectivity index is 1.77. The van der Waals surface area contributed by atoms with Gasteiger partial charge in [0, 0.05) is 51.7 Å². The lowest BCUT2D eigenvalue weighted by molar-refractivity contribution is 0.0214. The molecule has 0 bridgehead atoms. The van der Waals surface area contributed by atoms with E-state index in [4.69, 9.17) is 4.74 Å². The van der Waals surface area contributed by atoms with Crippen molar-refractivity contribution in [3.63, 3.8) is 0 Å². The standard InChI is InChI=1S/C23H39N5O2/c1-7-27(22(29)30-23(3,4)5)17-20-11-14-28(15-12-20)21(24-6)25-13-10-19-9-8-18(2)26-16-19/h8-9,16,20H,7,10-15,17H2,1-6H3,(H,24,25). The second-order valence-electron chi connectivity index (χ2n) is 8.98. The maximum Gasteiger partial charge on any atom is 0.410 e. The molecule has 2 heterocycles. The third-order valence-electron chi connectivity index (χ3n) is 5.31. The van der Waals surface area contributed by atoms with Crippen LogP contribution < -0.4 is 5.32 Å². The molecule has 0 aromatic carbocycles. The summed E-state index contributed by atoms with van der Waals surface area (Å²) in [4.78, 5) is 25.3. The van der Waals surface area contributed by atoms with E-state index in [0.717, 1.165) is 57.1 Å². The van der Waals surface area contributed by atoms with E-state index in [1.54, 1.807) is 0 Å². The minimum absolute atomic E-state index is 0.212. The fourth-order valence-electron chi connectivity index (χ4n) is 3.60. The van der Waals surface area contributed by atoms with Gasteiger partial charge in [-0.15, -0.1) is 0 Å². The lowest BCUT2D eigenvalue weighted by atomic mass is 9.96. The molecule has 1 aliphatic heterocycles. The summed E-state index contributed by atoms with van der Waals surface area (Å²) in [6.07, 6.45) is 4.74. The summed E-state index contributed by atoms with van der Waals surface area (Å²) in [5, 5.41) is 3.48. The molecule has 1 aromatic rings. The molecule has 0 unspecified atom stereocenters. The normalized spacial score (nSPS) is 15.8. The Hall–Kier alpha value is -2.31. The van der Waals surface area contributed by atoms with Crippen molar-refractivity contribution in [3.05, 3.63) is 29.6 Å². The van der Waals surface area contributed by atoms with E-state index in [-0.39, 0.29) is 6.09 Å². The molecule has 0 saturated carbocycles. The van der Waals surface area contributed by atoms with Crippen LogP contribution in [0.4, 0.5) is 4.79 Å². The fraction of sp³-hybridized carbons (Fsp3) is 0.696. The van der Waals surface area contributed by atoms with E-state index in [2.05, 4.69) is 26.3 Å². The van der Waals surface area contributed by atoms with E-state index < -0.39 is 5.60 Å². The number of aromatic nitrogens is 1. The largest absolute Gasteiger partial charge is 0.444 e. The Kier molecular flexibility index (Phi) is 8.93. The van der Waals surface area contributed by atoms with Gasteiger partial charge in [0.15, 0.2) is 5.96 Å². The second-order valence-corrected chi connectivity index (χ2v) is 8.98. The molecule has 1 aliphatic rings. The zero-order chi connectivity index (χ0) is 22.1. The molecule has 168 valence electrons. The van der Waals surface area contributed by atoms with Crippen LogP contribution in [0.5, 0.6) is 0 Å². The van der Waals surface area contributed by atoms with Gasteiger partial charge in [0.05, 0.1) is 0 Å². The van der Waals surface area contributed by atoms with E-state index in [0.29, 0.717) is 12.5 Å². The monoisotopic (exact) mass is 417 g/mol. The summed E-state index contributed by atoms with van der Waals surface area (Å²) in [6.45, 7) is 13.9. The highest BCUT2D eigenvalue weighted by molar-refractivity contribution is 5.80. The van der Waals surface area contributed by atoms with Crippen molar-refractivity contribution in [1.82, 2.24) is 20.1 Å². The number of guanidine groups is 1. The van der Waals surface area contributed by atoms with Gasteiger partial charge in [-0.05, 0) is 71.4 Å². The average Bonchev–Trinajstić information content (AvgIpc) is 2.70. The van der Waals surface area contributed by atoms with Crippen LogP contribution in [-0.4, -0.2) is 72.2 Å². The van der Waals surface area contributed by atoms with E-state index in [1.807, 2.05) is 58.8 Å². The number of amides is 1. The molecule has 2 rings (SSSR count). The molecule has 7 heteroatoms. The molecule has 1 fully saturated rings. The summed E-state index contributed by atoms with van der Waals surface area (Å²) in [5.74, 6) is 1.44. The minimum atomic E-state index is -0.458. The molecule has 1 N–H and O–H groups in total. The Morgan fingerprint density at radius 3 is 2.57 bits per heavy atom. The number of likely N-dealkylation sites (tertiary alicyclic amines) is 1.